The highest BCUT2D eigenvalue weighted by atomic mass is 32.2. The Bertz CT molecular complexity index is 1260. The number of fused-ring (bicyclic) bond motifs is 1. The number of hydrogen-bond donors (Lipinski definition) is 2. The van der Waals surface area contributed by atoms with E-state index in [1.54, 1.807) is 37.3 Å². The van der Waals surface area contributed by atoms with E-state index in [0.29, 0.717) is 16.7 Å². The Balaban J connectivity index is 1.40. The molecule has 0 spiro atoms. The van der Waals surface area contributed by atoms with Gasteiger partial charge in [0.1, 0.15) is 12.4 Å². The van der Waals surface area contributed by atoms with Gasteiger partial charge in [0, 0.05) is 12.6 Å². The van der Waals surface area contributed by atoms with Crippen LogP contribution in [0.1, 0.15) is 24.2 Å². The molecular weight excluding hydrogens is 404 g/mol. The van der Waals surface area contributed by atoms with Crippen LogP contribution < -0.4 is 15.6 Å². The number of amides is 1. The van der Waals surface area contributed by atoms with E-state index in [4.69, 9.17) is 0 Å². The average molecular weight is 426 g/mol. The van der Waals surface area contributed by atoms with Crippen molar-refractivity contribution in [1.29, 1.82) is 0 Å². The van der Waals surface area contributed by atoms with E-state index in [2.05, 4.69) is 15.0 Å². The van der Waals surface area contributed by atoms with Crippen molar-refractivity contribution in [3.05, 3.63) is 70.3 Å². The third-order valence-corrected chi connectivity index (χ3v) is 6.51. The van der Waals surface area contributed by atoms with E-state index in [0.717, 1.165) is 18.4 Å². The number of rotatable bonds is 7. The normalized spacial score (nSPS) is 14.0. The molecule has 1 aromatic heterocycles. The summed E-state index contributed by atoms with van der Waals surface area (Å²) in [6.07, 6.45) is 1.75. The number of sulfonamides is 1. The van der Waals surface area contributed by atoms with Gasteiger partial charge >= 0.3 is 0 Å². The van der Waals surface area contributed by atoms with Crippen LogP contribution in [0, 0.1) is 6.92 Å². The highest BCUT2D eigenvalue weighted by molar-refractivity contribution is 7.89. The van der Waals surface area contributed by atoms with Gasteiger partial charge < -0.3 is 5.32 Å². The molecule has 1 fully saturated rings. The lowest BCUT2D eigenvalue weighted by atomic mass is 10.2. The summed E-state index contributed by atoms with van der Waals surface area (Å²) in [7, 11) is -3.50. The van der Waals surface area contributed by atoms with Gasteiger partial charge in [-0.15, -0.1) is 0 Å². The van der Waals surface area contributed by atoms with Crippen LogP contribution in [0.5, 0.6) is 0 Å². The molecule has 2 N–H and O–H groups in total. The van der Waals surface area contributed by atoms with Crippen LogP contribution in [0.3, 0.4) is 0 Å². The van der Waals surface area contributed by atoms with E-state index in [9.17, 15) is 18.0 Å². The Kier molecular flexibility index (Phi) is 5.40. The molecule has 1 amide bonds. The first-order valence-corrected chi connectivity index (χ1v) is 11.2. The lowest BCUT2D eigenvalue weighted by Gasteiger charge is -2.11. The molecule has 0 atom stereocenters. The maximum Gasteiger partial charge on any atom is 0.261 e. The molecule has 8 nitrogen and oxygen atoms in total. The molecule has 1 saturated carbocycles. The van der Waals surface area contributed by atoms with E-state index in [1.807, 2.05) is 6.07 Å². The first kappa shape index (κ1) is 20.2. The van der Waals surface area contributed by atoms with Crippen LogP contribution in [-0.4, -0.2) is 29.9 Å². The van der Waals surface area contributed by atoms with Gasteiger partial charge in [-0.25, -0.2) is 18.1 Å². The summed E-state index contributed by atoms with van der Waals surface area (Å²) in [5.41, 5.74) is 1.10. The highest BCUT2D eigenvalue weighted by Gasteiger charge is 2.27. The number of carbonyl (C=O) groups is 1. The summed E-state index contributed by atoms with van der Waals surface area (Å²) < 4.78 is 28.4. The number of aromatic nitrogens is 2. The molecule has 3 aromatic rings. The van der Waals surface area contributed by atoms with Crippen LogP contribution in [0.2, 0.25) is 0 Å². The molecule has 4 rings (SSSR count). The summed E-state index contributed by atoms with van der Waals surface area (Å²) in [6.45, 7) is 1.78. The molecule has 0 saturated heterocycles. The van der Waals surface area contributed by atoms with Gasteiger partial charge in [0.2, 0.25) is 15.9 Å². The third-order valence-electron chi connectivity index (χ3n) is 4.98. The molecule has 156 valence electrons. The first-order chi connectivity index (χ1) is 14.3. The molecule has 1 heterocycles. The van der Waals surface area contributed by atoms with Crippen LogP contribution >= 0.6 is 0 Å². The van der Waals surface area contributed by atoms with Gasteiger partial charge in [0.05, 0.1) is 15.8 Å². The fraction of sp³-hybridized carbons (Fsp3) is 0.286. The second kappa shape index (κ2) is 8.00. The van der Waals surface area contributed by atoms with Crippen LogP contribution in [0.25, 0.3) is 10.9 Å². The predicted molar refractivity (Wildman–Crippen MR) is 112 cm³/mol. The Hall–Kier alpha value is -3.04. The zero-order chi connectivity index (χ0) is 21.3. The second-order valence-corrected chi connectivity index (χ2v) is 9.10. The zero-order valence-electron chi connectivity index (χ0n) is 16.5. The second-order valence-electron chi connectivity index (χ2n) is 7.38. The molecule has 1 aliphatic rings. The van der Waals surface area contributed by atoms with Crippen LogP contribution in [0.15, 0.2) is 58.2 Å². The van der Waals surface area contributed by atoms with Crippen LogP contribution in [-0.2, 0) is 27.9 Å². The molecule has 0 radical (unpaired) electrons. The minimum atomic E-state index is -3.50. The molecule has 2 aromatic carbocycles. The van der Waals surface area contributed by atoms with E-state index < -0.39 is 10.0 Å². The molecule has 0 aliphatic heterocycles. The molecule has 30 heavy (non-hydrogen) atoms. The number of nitrogens with zero attached hydrogens (tertiary/aromatic N) is 2. The minimum absolute atomic E-state index is 0.0467. The Morgan fingerprint density at radius 2 is 1.83 bits per heavy atom. The van der Waals surface area contributed by atoms with Crippen molar-refractivity contribution in [1.82, 2.24) is 19.6 Å². The summed E-state index contributed by atoms with van der Waals surface area (Å²) in [6, 6.07) is 13.4. The number of nitrogens with one attached hydrogen (secondary N) is 2. The standard InChI is InChI=1S/C21H22N4O4S/c1-14-23-19-5-3-2-4-18(19)21(27)25(14)13-20(26)22-12-15-6-10-17(11-7-15)30(28,29)24-16-8-9-16/h2-7,10-11,16,24H,8-9,12-13H2,1H3,(H,22,26). The van der Waals surface area contributed by atoms with Gasteiger partial charge in [-0.05, 0) is 49.6 Å². The van der Waals surface area contributed by atoms with Gasteiger partial charge in [-0.1, -0.05) is 24.3 Å². The SMILES string of the molecule is Cc1nc2ccccc2c(=O)n1CC(=O)NCc1ccc(S(=O)(=O)NC2CC2)cc1. The summed E-state index contributed by atoms with van der Waals surface area (Å²) in [5.74, 6) is 0.135. The van der Waals surface area contributed by atoms with Crippen molar-refractivity contribution in [3.63, 3.8) is 0 Å². The molecule has 0 bridgehead atoms. The molecular formula is C21H22N4O4S. The van der Waals surface area contributed by atoms with Crippen molar-refractivity contribution in [2.45, 2.75) is 43.8 Å². The fourth-order valence-corrected chi connectivity index (χ4v) is 4.45. The fourth-order valence-electron chi connectivity index (χ4n) is 3.14. The van der Waals surface area contributed by atoms with Gasteiger partial charge in [0.15, 0.2) is 0 Å². The van der Waals surface area contributed by atoms with Gasteiger partial charge in [0.25, 0.3) is 5.56 Å². The van der Waals surface area contributed by atoms with Crippen molar-refractivity contribution in [2.75, 3.05) is 0 Å². The van der Waals surface area contributed by atoms with Gasteiger partial charge in [-0.2, -0.15) is 0 Å². The number of hydrogen-bond acceptors (Lipinski definition) is 5. The Labute approximate surface area is 174 Å². The number of aryl methyl sites for hydroxylation is 1. The third kappa shape index (κ3) is 4.42. The maximum atomic E-state index is 12.7. The zero-order valence-corrected chi connectivity index (χ0v) is 17.3. The lowest BCUT2D eigenvalue weighted by molar-refractivity contribution is -0.121. The molecule has 9 heteroatoms. The predicted octanol–water partition coefficient (Wildman–Crippen LogP) is 1.46. The first-order valence-electron chi connectivity index (χ1n) is 9.68. The Morgan fingerprint density at radius 1 is 1.13 bits per heavy atom. The van der Waals surface area contributed by atoms with E-state index >= 15 is 0 Å². The quantitative estimate of drug-likeness (QED) is 0.594. The molecule has 0 unspecified atom stereocenters. The largest absolute Gasteiger partial charge is 0.350 e. The summed E-state index contributed by atoms with van der Waals surface area (Å²) in [4.78, 5) is 29.6. The van der Waals surface area contributed by atoms with Crippen molar-refractivity contribution < 1.29 is 13.2 Å². The molecule has 1 aliphatic carbocycles. The minimum Gasteiger partial charge on any atom is -0.350 e. The lowest BCUT2D eigenvalue weighted by Crippen LogP contribution is -2.33. The monoisotopic (exact) mass is 426 g/mol. The number of benzene rings is 2. The van der Waals surface area contributed by atoms with Crippen LogP contribution in [0.4, 0.5) is 0 Å². The average Bonchev–Trinajstić information content (AvgIpc) is 3.53. The smallest absolute Gasteiger partial charge is 0.261 e. The summed E-state index contributed by atoms with van der Waals surface area (Å²) >= 11 is 0. The topological polar surface area (TPSA) is 110 Å². The maximum absolute atomic E-state index is 12.7. The summed E-state index contributed by atoms with van der Waals surface area (Å²) in [5, 5.41) is 3.22. The number of carbonyl (C=O) groups excluding carboxylic acids is 1. The number of para-hydroxylation sites is 1. The van der Waals surface area contributed by atoms with Crippen molar-refractivity contribution in [2.24, 2.45) is 0 Å². The van der Waals surface area contributed by atoms with E-state index in [-0.39, 0.29) is 35.5 Å². The van der Waals surface area contributed by atoms with Gasteiger partial charge in [-0.3, -0.25) is 14.2 Å². The van der Waals surface area contributed by atoms with E-state index in [1.165, 1.54) is 16.7 Å². The Morgan fingerprint density at radius 3 is 2.53 bits per heavy atom. The van der Waals surface area contributed by atoms with Crippen molar-refractivity contribution in [3.8, 4) is 0 Å². The van der Waals surface area contributed by atoms with Crippen molar-refractivity contribution >= 4 is 26.8 Å². The highest BCUT2D eigenvalue weighted by Crippen LogP contribution is 2.22.